The van der Waals surface area contributed by atoms with Crippen LogP contribution in [0.3, 0.4) is 0 Å². The molecule has 0 radical (unpaired) electrons. The Morgan fingerprint density at radius 3 is 1.30 bits per heavy atom. The van der Waals surface area contributed by atoms with Gasteiger partial charge in [0.25, 0.3) is 0 Å². The van der Waals surface area contributed by atoms with Crippen molar-refractivity contribution in [1.82, 2.24) is 9.80 Å². The molecule has 2 aromatic rings. The van der Waals surface area contributed by atoms with E-state index >= 15 is 19.2 Å². The maximum absolute atomic E-state index is 15.3. The highest BCUT2D eigenvalue weighted by atomic mass is 16.6. The average Bonchev–Trinajstić information content (AvgIpc) is 4.13. The Labute approximate surface area is 399 Å². The van der Waals surface area contributed by atoms with E-state index in [4.69, 9.17) is 42.6 Å². The molecular weight excluding hydrogens is 897 g/mol. The lowest BCUT2D eigenvalue weighted by molar-refractivity contribution is -0.241. The number of piperidine rings is 2. The van der Waals surface area contributed by atoms with Gasteiger partial charge in [-0.15, -0.1) is 0 Å². The van der Waals surface area contributed by atoms with Crippen molar-refractivity contribution >= 4 is 35.5 Å². The van der Waals surface area contributed by atoms with Crippen molar-refractivity contribution in [3.05, 3.63) is 35.4 Å². The molecule has 69 heavy (non-hydrogen) atoms. The van der Waals surface area contributed by atoms with Gasteiger partial charge in [0.05, 0.1) is 68.3 Å². The highest BCUT2D eigenvalue weighted by Gasteiger charge is 2.97. The molecule has 19 nitrogen and oxygen atoms in total. The van der Waals surface area contributed by atoms with Crippen LogP contribution in [0.25, 0.3) is 0 Å². The van der Waals surface area contributed by atoms with Crippen LogP contribution in [0.15, 0.2) is 24.3 Å². The first-order chi connectivity index (χ1) is 33.2. The van der Waals surface area contributed by atoms with Crippen LogP contribution in [0, 0.1) is 22.7 Å². The Morgan fingerprint density at radius 1 is 0.551 bits per heavy atom. The van der Waals surface area contributed by atoms with Crippen molar-refractivity contribution in [2.45, 2.75) is 122 Å². The number of esters is 2. The third-order valence-electron chi connectivity index (χ3n) is 20.7. The molecule has 7 aliphatic heterocycles. The minimum atomic E-state index is -2.33. The number of methoxy groups -OCH3 is 8. The highest BCUT2D eigenvalue weighted by Crippen LogP contribution is 2.87. The quantitative estimate of drug-likeness (QED) is 0.314. The van der Waals surface area contributed by atoms with E-state index in [1.54, 1.807) is 0 Å². The molecule has 2 amide bonds. The van der Waals surface area contributed by atoms with Crippen molar-refractivity contribution in [2.75, 3.05) is 79.8 Å². The fourth-order valence-corrected chi connectivity index (χ4v) is 19.7. The molecule has 6 spiro atoms. The van der Waals surface area contributed by atoms with E-state index < -0.39 is 104 Å². The van der Waals surface area contributed by atoms with Gasteiger partial charge in [0, 0.05) is 47.8 Å². The number of carbonyl (C=O) groups is 4. The first kappa shape index (κ1) is 43.9. The zero-order chi connectivity index (χ0) is 48.4. The average molecular weight is 957 g/mol. The van der Waals surface area contributed by atoms with E-state index in [1.165, 1.54) is 66.7 Å². The minimum Gasteiger partial charge on any atom is -0.493 e. The van der Waals surface area contributed by atoms with Crippen LogP contribution in [0.4, 0.5) is 21.0 Å². The summed E-state index contributed by atoms with van der Waals surface area (Å²) in [6.45, 7) is 1.21. The van der Waals surface area contributed by atoms with Crippen molar-refractivity contribution in [2.24, 2.45) is 22.7 Å². The summed E-state index contributed by atoms with van der Waals surface area (Å²) in [7, 11) is 11.1. The van der Waals surface area contributed by atoms with Crippen LogP contribution in [-0.4, -0.2) is 161 Å². The van der Waals surface area contributed by atoms with Crippen LogP contribution in [0.5, 0.6) is 23.0 Å². The summed E-state index contributed by atoms with van der Waals surface area (Å²) in [5, 5.41) is 28.2. The monoisotopic (exact) mass is 956 g/mol. The summed E-state index contributed by atoms with van der Waals surface area (Å²) >= 11 is 0. The normalized spacial score (nSPS) is 43.9. The summed E-state index contributed by atoms with van der Waals surface area (Å²) < 4.78 is 55.3. The number of nitrogens with zero attached hydrogens (tertiary/aromatic N) is 4. The molecule has 4 bridgehead atoms. The van der Waals surface area contributed by atoms with E-state index in [9.17, 15) is 10.2 Å². The lowest BCUT2D eigenvalue weighted by Gasteiger charge is -2.74. The zero-order valence-corrected chi connectivity index (χ0v) is 40.2. The van der Waals surface area contributed by atoms with Crippen LogP contribution in [0.1, 0.15) is 75.3 Å². The summed E-state index contributed by atoms with van der Waals surface area (Å²) in [6.07, 6.45) is 1.21. The first-order valence-corrected chi connectivity index (χ1v) is 24.2. The second-order valence-corrected chi connectivity index (χ2v) is 21.7. The molecule has 13 aliphatic rings. The van der Waals surface area contributed by atoms with Crippen molar-refractivity contribution < 1.29 is 72.0 Å². The molecule has 6 saturated carbocycles. The second-order valence-electron chi connectivity index (χ2n) is 21.7. The lowest BCUT2D eigenvalue weighted by atomic mass is 9.32. The number of anilines is 2. The number of hydrogen-bond acceptors (Lipinski definition) is 17. The summed E-state index contributed by atoms with van der Waals surface area (Å²) in [4.78, 5) is 68.6. The highest BCUT2D eigenvalue weighted by molar-refractivity contribution is 6.03. The SMILES string of the molecule is COC(=O)N1c2c(ccc(OC)c2OC)[C@@]23[C@@H]4[C@@H]5[C@H](O[C@@H]4N4CCCC6(CCC12[C@](O)(C(=O)OC)C6)[C@H]43)N1CCCC23CCC4(N(C(=O)OC)c6c(ccc(OC)c6OC)[C@@]54[C@@H]12)[C@](O)(C(=O)OC)C3. The number of rotatable bonds is 6. The predicted octanol–water partition coefficient (Wildman–Crippen LogP) is 3.59. The topological polar surface area (TPSA) is 205 Å². The van der Waals surface area contributed by atoms with Crippen LogP contribution < -0.4 is 28.7 Å². The van der Waals surface area contributed by atoms with Crippen LogP contribution >= 0.6 is 0 Å². The van der Waals surface area contributed by atoms with Gasteiger partial charge < -0.3 is 52.8 Å². The molecule has 370 valence electrons. The maximum Gasteiger partial charge on any atom is 0.414 e. The molecule has 19 heteroatoms. The number of benzene rings is 2. The van der Waals surface area contributed by atoms with Gasteiger partial charge in [0.1, 0.15) is 23.5 Å². The first-order valence-electron chi connectivity index (χ1n) is 24.2. The largest absolute Gasteiger partial charge is 0.493 e. The number of hydrogen-bond donors (Lipinski definition) is 2. The van der Waals surface area contributed by atoms with Crippen LogP contribution in [0.2, 0.25) is 0 Å². The van der Waals surface area contributed by atoms with E-state index in [2.05, 4.69) is 9.80 Å². The number of amides is 2. The van der Waals surface area contributed by atoms with Gasteiger partial charge in [0.15, 0.2) is 34.2 Å². The summed E-state index contributed by atoms with van der Waals surface area (Å²) in [5.41, 5.74) is -10.6. The van der Waals surface area contributed by atoms with E-state index in [-0.39, 0.29) is 37.2 Å². The van der Waals surface area contributed by atoms with Gasteiger partial charge in [-0.05, 0) is 98.3 Å². The molecule has 14 atom stereocenters. The fraction of sp³-hybridized carbons (Fsp3) is 0.680. The molecule has 6 aliphatic carbocycles. The van der Waals surface area contributed by atoms with Crippen LogP contribution in [-0.2, 0) is 44.1 Å². The van der Waals surface area contributed by atoms with Gasteiger partial charge in [-0.1, -0.05) is 12.1 Å². The van der Waals surface area contributed by atoms with E-state index in [0.717, 1.165) is 12.8 Å². The molecular formula is C50H60N4O15. The summed E-state index contributed by atoms with van der Waals surface area (Å²) in [6, 6.07) is 6.63. The van der Waals surface area contributed by atoms with Crippen molar-refractivity contribution in [3.63, 3.8) is 0 Å². The van der Waals surface area contributed by atoms with E-state index in [0.29, 0.717) is 72.8 Å². The second kappa shape index (κ2) is 13.5. The Hall–Kier alpha value is -5.08. The van der Waals surface area contributed by atoms with Gasteiger partial charge in [-0.3, -0.25) is 19.6 Å². The molecule has 0 aromatic heterocycles. The van der Waals surface area contributed by atoms with Crippen molar-refractivity contribution in [3.8, 4) is 23.0 Å². The Bertz CT molecular complexity index is 2510. The molecule has 15 rings (SSSR count). The Kier molecular flexibility index (Phi) is 8.56. The maximum atomic E-state index is 15.3. The predicted molar refractivity (Wildman–Crippen MR) is 239 cm³/mol. The summed E-state index contributed by atoms with van der Waals surface area (Å²) in [5.74, 6) is -2.16. The standard InChI is InChI=1S/C50H60N4O15/c1-61-27-13-11-25-31(33(27)63-3)53(41(57)67-7)47-19-17-43(23-45(47,59)39(55)65-5)15-9-21-51-35-29(49(25,47)37(43)51)30-36(69-35)52-22-10-16-44-18-20-48(46(60,24-44)40(56)66-6)50(30,38(44)52)26-12-14-28(62-2)34(64-4)32(26)54(48)42(58)68-8/h11-14,29-30,35-38,59-60H,9-10,15-24H2,1-8H3/t29-,30-,35+,36+,37+,38+,43?,44?,45-,46-,47?,48?,49+,50+/m1/s1. The Morgan fingerprint density at radius 2 is 0.957 bits per heavy atom. The van der Waals surface area contributed by atoms with Gasteiger partial charge in [0.2, 0.25) is 0 Å². The number of carbonyl (C=O) groups excluding carboxylic acids is 4. The fourth-order valence-electron chi connectivity index (χ4n) is 19.7. The molecule has 11 fully saturated rings. The molecule has 7 heterocycles. The van der Waals surface area contributed by atoms with Gasteiger partial charge in [-0.2, -0.15) is 0 Å². The minimum absolute atomic E-state index is 0.00492. The molecule has 2 aromatic carbocycles. The zero-order valence-electron chi connectivity index (χ0n) is 40.2. The molecule has 2 N–H and O–H groups in total. The third kappa shape index (κ3) is 4.02. The number of ether oxygens (including phenoxy) is 9. The van der Waals surface area contributed by atoms with Gasteiger partial charge >= 0.3 is 24.1 Å². The van der Waals surface area contributed by atoms with E-state index in [1.807, 2.05) is 24.3 Å². The number of fused-ring (bicyclic) bond motifs is 11. The molecule has 4 unspecified atom stereocenters. The van der Waals surface area contributed by atoms with Gasteiger partial charge in [-0.25, -0.2) is 19.2 Å². The number of aliphatic hydroxyl groups is 2. The Balaban J connectivity index is 1.23. The smallest absolute Gasteiger partial charge is 0.414 e. The molecule has 5 saturated heterocycles. The lowest BCUT2D eigenvalue weighted by Crippen LogP contribution is -2.89. The third-order valence-corrected chi connectivity index (χ3v) is 20.7. The van der Waals surface area contributed by atoms with Crippen molar-refractivity contribution in [1.29, 1.82) is 0 Å².